The van der Waals surface area contributed by atoms with E-state index in [0.29, 0.717) is 5.76 Å². The van der Waals surface area contributed by atoms with Gasteiger partial charge in [0.05, 0.1) is 25.0 Å². The highest BCUT2D eigenvalue weighted by atomic mass is 16.5. The second-order valence-corrected chi connectivity index (χ2v) is 3.89. The minimum atomic E-state index is -0.880. The van der Waals surface area contributed by atoms with Crippen molar-refractivity contribution in [3.8, 4) is 12.1 Å². The van der Waals surface area contributed by atoms with Gasteiger partial charge in [-0.3, -0.25) is 14.9 Å². The summed E-state index contributed by atoms with van der Waals surface area (Å²) in [7, 11) is 0. The lowest BCUT2D eigenvalue weighted by atomic mass is 10.3. The first-order valence-electron chi connectivity index (χ1n) is 5.86. The summed E-state index contributed by atoms with van der Waals surface area (Å²) in [5.41, 5.74) is 0. The van der Waals surface area contributed by atoms with Gasteiger partial charge in [-0.1, -0.05) is 5.16 Å². The number of hydrogen-bond acceptors (Lipinski definition) is 6. The first kappa shape index (κ1) is 15.2. The maximum absolute atomic E-state index is 11.9. The van der Waals surface area contributed by atoms with Crippen LogP contribution in [-0.4, -0.2) is 35.0 Å². The molecule has 104 valence electrons. The number of nitrogens with one attached hydrogen (secondary N) is 1. The zero-order valence-corrected chi connectivity index (χ0v) is 10.9. The molecule has 8 nitrogen and oxygen atoms in total. The minimum absolute atomic E-state index is 0.0908. The zero-order chi connectivity index (χ0) is 15.0. The molecule has 0 radical (unpaired) electrons. The van der Waals surface area contributed by atoms with E-state index >= 15 is 0 Å². The van der Waals surface area contributed by atoms with Gasteiger partial charge in [-0.05, 0) is 6.92 Å². The van der Waals surface area contributed by atoms with Crippen molar-refractivity contribution in [2.75, 3.05) is 18.4 Å². The molecule has 0 unspecified atom stereocenters. The summed E-state index contributed by atoms with van der Waals surface area (Å²) in [6, 6.07) is 5.24. The number of carbonyl (C=O) groups excluding carboxylic acids is 2. The summed E-state index contributed by atoms with van der Waals surface area (Å²) in [5.74, 6) is -1.05. The summed E-state index contributed by atoms with van der Waals surface area (Å²) in [5, 5.41) is 22.9. The molecule has 1 aromatic rings. The van der Waals surface area contributed by atoms with E-state index in [9.17, 15) is 9.59 Å². The standard InChI is InChI=1S/C12H13N5O3/c1-9-8-10(16-20-9)15-11(18)12(19)17(6-2-4-13)7-3-5-14/h8H,2-3,6-7H2,1H3,(H,15,16,18). The predicted molar refractivity (Wildman–Crippen MR) is 66.9 cm³/mol. The maximum Gasteiger partial charge on any atom is 0.315 e. The number of anilines is 1. The van der Waals surface area contributed by atoms with Gasteiger partial charge >= 0.3 is 11.8 Å². The lowest BCUT2D eigenvalue weighted by molar-refractivity contribution is -0.143. The number of hydrogen-bond donors (Lipinski definition) is 1. The minimum Gasteiger partial charge on any atom is -0.360 e. The lowest BCUT2D eigenvalue weighted by Gasteiger charge is -2.19. The van der Waals surface area contributed by atoms with Gasteiger partial charge in [-0.25, -0.2) is 0 Å². The topological polar surface area (TPSA) is 123 Å². The Morgan fingerprint density at radius 2 is 1.95 bits per heavy atom. The van der Waals surface area contributed by atoms with E-state index in [-0.39, 0.29) is 31.7 Å². The predicted octanol–water partition coefficient (Wildman–Crippen LogP) is 0.577. The highest BCUT2D eigenvalue weighted by molar-refractivity contribution is 6.39. The van der Waals surface area contributed by atoms with E-state index in [0.717, 1.165) is 4.90 Å². The lowest BCUT2D eigenvalue weighted by Crippen LogP contribution is -2.40. The summed E-state index contributed by atoms with van der Waals surface area (Å²) in [6.45, 7) is 1.85. The van der Waals surface area contributed by atoms with Crippen LogP contribution in [0, 0.1) is 29.6 Å². The smallest absolute Gasteiger partial charge is 0.315 e. The highest BCUT2D eigenvalue weighted by Gasteiger charge is 2.22. The Morgan fingerprint density at radius 1 is 1.35 bits per heavy atom. The SMILES string of the molecule is Cc1cc(NC(=O)C(=O)N(CCC#N)CCC#N)no1. The van der Waals surface area contributed by atoms with Crippen molar-refractivity contribution in [3.05, 3.63) is 11.8 Å². The van der Waals surface area contributed by atoms with Crippen molar-refractivity contribution < 1.29 is 14.1 Å². The van der Waals surface area contributed by atoms with E-state index in [1.165, 1.54) is 6.07 Å². The van der Waals surface area contributed by atoms with Crippen molar-refractivity contribution in [2.45, 2.75) is 19.8 Å². The van der Waals surface area contributed by atoms with Crippen LogP contribution in [0.1, 0.15) is 18.6 Å². The molecule has 0 saturated carbocycles. The van der Waals surface area contributed by atoms with Crippen molar-refractivity contribution in [1.29, 1.82) is 10.5 Å². The number of carbonyl (C=O) groups is 2. The zero-order valence-electron chi connectivity index (χ0n) is 10.9. The van der Waals surface area contributed by atoms with Gasteiger partial charge in [-0.2, -0.15) is 10.5 Å². The molecule has 0 fully saturated rings. The number of rotatable bonds is 5. The Hall–Kier alpha value is -2.87. The Morgan fingerprint density at radius 3 is 2.40 bits per heavy atom. The van der Waals surface area contributed by atoms with Crippen molar-refractivity contribution in [3.63, 3.8) is 0 Å². The van der Waals surface area contributed by atoms with Crippen molar-refractivity contribution in [2.24, 2.45) is 0 Å². The molecule has 0 saturated heterocycles. The van der Waals surface area contributed by atoms with Gasteiger partial charge in [-0.15, -0.1) is 0 Å². The van der Waals surface area contributed by atoms with Crippen LogP contribution in [-0.2, 0) is 9.59 Å². The Balaban J connectivity index is 2.65. The molecule has 1 heterocycles. The number of amides is 2. The van der Waals surface area contributed by atoms with E-state index in [4.69, 9.17) is 15.0 Å². The normalized spacial score (nSPS) is 9.35. The average Bonchev–Trinajstić information content (AvgIpc) is 2.83. The van der Waals surface area contributed by atoms with Crippen LogP contribution in [0.25, 0.3) is 0 Å². The van der Waals surface area contributed by atoms with Gasteiger partial charge in [0.25, 0.3) is 0 Å². The Kier molecular flexibility index (Phi) is 5.73. The average molecular weight is 275 g/mol. The largest absolute Gasteiger partial charge is 0.360 e. The molecule has 0 aliphatic carbocycles. The highest BCUT2D eigenvalue weighted by Crippen LogP contribution is 2.07. The van der Waals surface area contributed by atoms with Gasteiger partial charge in [0.1, 0.15) is 5.76 Å². The molecule has 2 amide bonds. The molecule has 0 aliphatic heterocycles. The van der Waals surface area contributed by atoms with Gasteiger partial charge < -0.3 is 9.42 Å². The summed E-state index contributed by atoms with van der Waals surface area (Å²) in [6.07, 6.45) is 0.182. The fourth-order valence-corrected chi connectivity index (χ4v) is 1.42. The summed E-state index contributed by atoms with van der Waals surface area (Å²) in [4.78, 5) is 24.8. The number of nitrogens with zero attached hydrogens (tertiary/aromatic N) is 4. The number of aromatic nitrogens is 1. The molecule has 20 heavy (non-hydrogen) atoms. The van der Waals surface area contributed by atoms with Crippen LogP contribution in [0.3, 0.4) is 0 Å². The van der Waals surface area contributed by atoms with E-state index in [1.54, 1.807) is 6.92 Å². The quantitative estimate of drug-likeness (QED) is 0.784. The molecule has 0 bridgehead atoms. The third kappa shape index (κ3) is 4.42. The molecule has 0 aromatic carbocycles. The van der Waals surface area contributed by atoms with Crippen LogP contribution in [0.2, 0.25) is 0 Å². The van der Waals surface area contributed by atoms with Crippen molar-refractivity contribution in [1.82, 2.24) is 10.1 Å². The van der Waals surface area contributed by atoms with Crippen LogP contribution >= 0.6 is 0 Å². The second-order valence-electron chi connectivity index (χ2n) is 3.89. The molecule has 0 aliphatic rings. The summed E-state index contributed by atoms with van der Waals surface area (Å²) >= 11 is 0. The number of nitriles is 2. The van der Waals surface area contributed by atoms with Gasteiger partial charge in [0.2, 0.25) is 0 Å². The third-order valence-electron chi connectivity index (χ3n) is 2.34. The molecule has 1 rings (SSSR count). The van der Waals surface area contributed by atoms with Crippen LogP contribution in [0.15, 0.2) is 10.6 Å². The molecule has 0 spiro atoms. The maximum atomic E-state index is 11.9. The summed E-state index contributed by atoms with van der Waals surface area (Å²) < 4.78 is 4.76. The van der Waals surface area contributed by atoms with Crippen LogP contribution in [0.4, 0.5) is 5.82 Å². The van der Waals surface area contributed by atoms with Crippen LogP contribution < -0.4 is 5.32 Å². The monoisotopic (exact) mass is 275 g/mol. The van der Waals surface area contributed by atoms with Crippen molar-refractivity contribution >= 4 is 17.6 Å². The third-order valence-corrected chi connectivity index (χ3v) is 2.34. The fourth-order valence-electron chi connectivity index (χ4n) is 1.42. The molecule has 1 N–H and O–H groups in total. The molecule has 1 aromatic heterocycles. The second kappa shape index (κ2) is 7.54. The Bertz CT molecular complexity index is 548. The van der Waals surface area contributed by atoms with Gasteiger partial charge in [0, 0.05) is 19.2 Å². The fraction of sp³-hybridized carbons (Fsp3) is 0.417. The van der Waals surface area contributed by atoms with Gasteiger partial charge in [0.15, 0.2) is 5.82 Å². The molecular formula is C12H13N5O3. The number of aryl methyl sites for hydroxylation is 1. The first-order valence-corrected chi connectivity index (χ1v) is 5.86. The molecule has 0 atom stereocenters. The molecular weight excluding hydrogens is 262 g/mol. The molecule has 8 heteroatoms. The van der Waals surface area contributed by atoms with E-state index in [1.807, 2.05) is 12.1 Å². The Labute approximate surface area is 115 Å². The first-order chi connectivity index (χ1) is 9.58. The van der Waals surface area contributed by atoms with E-state index < -0.39 is 11.8 Å². The van der Waals surface area contributed by atoms with E-state index in [2.05, 4.69) is 10.5 Å². The van der Waals surface area contributed by atoms with Crippen LogP contribution in [0.5, 0.6) is 0 Å².